The van der Waals surface area contributed by atoms with E-state index < -0.39 is 27.7 Å². The molecule has 0 aromatic heterocycles. The van der Waals surface area contributed by atoms with Crippen LogP contribution in [0.5, 0.6) is 5.75 Å². The van der Waals surface area contributed by atoms with Gasteiger partial charge in [-0.1, -0.05) is 36.4 Å². The lowest BCUT2D eigenvalue weighted by Crippen LogP contribution is -2.30. The molecule has 0 fully saturated rings. The average molecular weight is 493 g/mol. The van der Waals surface area contributed by atoms with Crippen molar-refractivity contribution in [3.8, 4) is 5.75 Å². The second-order valence-corrected chi connectivity index (χ2v) is 9.15. The Kier molecular flexibility index (Phi) is 7.51. The van der Waals surface area contributed by atoms with Gasteiger partial charge in [-0.05, 0) is 48.9 Å². The molecule has 0 saturated heterocycles. The van der Waals surface area contributed by atoms with Crippen molar-refractivity contribution in [1.29, 1.82) is 0 Å². The third-order valence-electron chi connectivity index (χ3n) is 4.98. The molecule has 0 radical (unpaired) electrons. The van der Waals surface area contributed by atoms with Crippen LogP contribution in [0.15, 0.2) is 77.7 Å². The number of methoxy groups -OCH3 is 1. The minimum atomic E-state index is -4.53. The Labute approximate surface area is 196 Å². The number of carbonyl (C=O) groups is 1. The molecular weight excluding hydrogens is 469 g/mol. The Morgan fingerprint density at radius 2 is 1.71 bits per heavy atom. The summed E-state index contributed by atoms with van der Waals surface area (Å²) >= 11 is 0. The molecule has 1 N–H and O–H groups in total. The normalized spacial score (nSPS) is 11.7. The number of halogens is 3. The first kappa shape index (κ1) is 25.1. The van der Waals surface area contributed by atoms with Gasteiger partial charge in [-0.2, -0.15) is 13.2 Å². The van der Waals surface area contributed by atoms with Gasteiger partial charge in [0.2, 0.25) is 5.91 Å². The quantitative estimate of drug-likeness (QED) is 0.474. The summed E-state index contributed by atoms with van der Waals surface area (Å²) in [4.78, 5) is 12.5. The molecule has 0 atom stereocenters. The molecule has 180 valence electrons. The molecule has 3 rings (SSSR count). The lowest BCUT2D eigenvalue weighted by molar-refractivity contribution is -0.137. The van der Waals surface area contributed by atoms with Crippen LogP contribution in [0.4, 0.5) is 24.5 Å². The maximum absolute atomic E-state index is 13.3. The van der Waals surface area contributed by atoms with E-state index in [4.69, 9.17) is 4.74 Å². The molecule has 0 bridgehead atoms. The number of carbonyl (C=O) groups excluding carboxylic acids is 1. The van der Waals surface area contributed by atoms with Crippen molar-refractivity contribution < 1.29 is 31.1 Å². The van der Waals surface area contributed by atoms with E-state index in [0.717, 1.165) is 12.1 Å². The predicted molar refractivity (Wildman–Crippen MR) is 123 cm³/mol. The van der Waals surface area contributed by atoms with Crippen LogP contribution < -0.4 is 14.4 Å². The second kappa shape index (κ2) is 10.2. The zero-order valence-electron chi connectivity index (χ0n) is 18.5. The zero-order chi connectivity index (χ0) is 24.9. The van der Waals surface area contributed by atoms with Crippen molar-refractivity contribution in [2.75, 3.05) is 23.3 Å². The number of rotatable bonds is 8. The summed E-state index contributed by atoms with van der Waals surface area (Å²) in [5.41, 5.74) is -0.124. The van der Waals surface area contributed by atoms with Crippen molar-refractivity contribution in [3.05, 3.63) is 83.9 Å². The van der Waals surface area contributed by atoms with Crippen LogP contribution in [0.3, 0.4) is 0 Å². The number of hydrogen-bond donors (Lipinski definition) is 1. The Morgan fingerprint density at radius 1 is 1.00 bits per heavy atom. The first-order valence-electron chi connectivity index (χ1n) is 10.3. The topological polar surface area (TPSA) is 75.7 Å². The predicted octanol–water partition coefficient (Wildman–Crippen LogP) is 5.11. The van der Waals surface area contributed by atoms with Crippen LogP contribution in [0.2, 0.25) is 0 Å². The SMILES string of the molecule is CCN(c1ccccc1)S(=O)(=O)c1ccc(OC)c(NC(=O)Cc2cccc(C(F)(F)F)c2)c1. The molecular formula is C24H23F3N2O4S. The van der Waals surface area contributed by atoms with Gasteiger partial charge >= 0.3 is 6.18 Å². The maximum atomic E-state index is 13.3. The van der Waals surface area contributed by atoms with Crippen LogP contribution >= 0.6 is 0 Å². The van der Waals surface area contributed by atoms with E-state index in [0.29, 0.717) is 5.69 Å². The summed E-state index contributed by atoms with van der Waals surface area (Å²) in [7, 11) is -2.61. The van der Waals surface area contributed by atoms with E-state index in [1.165, 1.54) is 41.7 Å². The highest BCUT2D eigenvalue weighted by Gasteiger charge is 2.30. The van der Waals surface area contributed by atoms with Gasteiger partial charge in [0, 0.05) is 6.54 Å². The highest BCUT2D eigenvalue weighted by molar-refractivity contribution is 7.92. The van der Waals surface area contributed by atoms with Crippen molar-refractivity contribution in [1.82, 2.24) is 0 Å². The number of para-hydroxylation sites is 1. The molecule has 0 spiro atoms. The van der Waals surface area contributed by atoms with Crippen LogP contribution in [0.1, 0.15) is 18.1 Å². The van der Waals surface area contributed by atoms with Crippen LogP contribution in [0.25, 0.3) is 0 Å². The number of sulfonamides is 1. The van der Waals surface area contributed by atoms with Gasteiger partial charge in [0.15, 0.2) is 0 Å². The molecule has 3 aromatic rings. The number of benzene rings is 3. The van der Waals surface area contributed by atoms with Crippen LogP contribution in [-0.4, -0.2) is 28.0 Å². The molecule has 0 unspecified atom stereocenters. The number of ether oxygens (including phenoxy) is 1. The van der Waals surface area contributed by atoms with Gasteiger partial charge in [-0.15, -0.1) is 0 Å². The van der Waals surface area contributed by atoms with E-state index in [2.05, 4.69) is 5.32 Å². The van der Waals surface area contributed by atoms with Crippen molar-refractivity contribution in [2.24, 2.45) is 0 Å². The molecule has 34 heavy (non-hydrogen) atoms. The fourth-order valence-electron chi connectivity index (χ4n) is 3.40. The van der Waals surface area contributed by atoms with E-state index in [9.17, 15) is 26.4 Å². The van der Waals surface area contributed by atoms with Crippen molar-refractivity contribution >= 4 is 27.3 Å². The lowest BCUT2D eigenvalue weighted by Gasteiger charge is -2.23. The highest BCUT2D eigenvalue weighted by atomic mass is 32.2. The standard InChI is InChI=1S/C24H23F3N2O4S/c1-3-29(19-10-5-4-6-11-19)34(31,32)20-12-13-22(33-2)21(16-20)28-23(30)15-17-8-7-9-18(14-17)24(25,26)27/h4-14,16H,3,15H2,1-2H3,(H,28,30). The zero-order valence-corrected chi connectivity index (χ0v) is 19.3. The first-order valence-corrected chi connectivity index (χ1v) is 11.7. The Bertz CT molecular complexity index is 1260. The molecule has 6 nitrogen and oxygen atoms in total. The van der Waals surface area contributed by atoms with Gasteiger partial charge in [-0.3, -0.25) is 9.10 Å². The van der Waals surface area contributed by atoms with Gasteiger partial charge < -0.3 is 10.1 Å². The molecule has 0 aliphatic heterocycles. The maximum Gasteiger partial charge on any atom is 0.416 e. The first-order chi connectivity index (χ1) is 16.1. The molecule has 0 saturated carbocycles. The molecule has 3 aromatic carbocycles. The average Bonchev–Trinajstić information content (AvgIpc) is 2.79. The number of anilines is 2. The van der Waals surface area contributed by atoms with Gasteiger partial charge in [0.05, 0.1) is 35.4 Å². The summed E-state index contributed by atoms with van der Waals surface area (Å²) in [5.74, 6) is -0.415. The number of hydrogen-bond acceptors (Lipinski definition) is 4. The lowest BCUT2D eigenvalue weighted by atomic mass is 10.1. The van der Waals surface area contributed by atoms with Gasteiger partial charge in [0.1, 0.15) is 5.75 Å². The third-order valence-corrected chi connectivity index (χ3v) is 6.88. The Hall–Kier alpha value is -3.53. The summed E-state index contributed by atoms with van der Waals surface area (Å²) in [5, 5.41) is 2.55. The molecule has 1 amide bonds. The smallest absolute Gasteiger partial charge is 0.416 e. The van der Waals surface area contributed by atoms with E-state index in [1.54, 1.807) is 37.3 Å². The fraction of sp³-hybridized carbons (Fsp3) is 0.208. The minimum absolute atomic E-state index is 0.0756. The summed E-state index contributed by atoms with van der Waals surface area (Å²) < 4.78 is 71.9. The third kappa shape index (κ3) is 5.69. The molecule has 10 heteroatoms. The number of amides is 1. The second-order valence-electron chi connectivity index (χ2n) is 7.29. The summed E-state index contributed by atoms with van der Waals surface area (Å²) in [6.07, 6.45) is -4.86. The van der Waals surface area contributed by atoms with E-state index in [-0.39, 0.29) is 34.9 Å². The van der Waals surface area contributed by atoms with Crippen LogP contribution in [0, 0.1) is 0 Å². The molecule has 0 heterocycles. The number of nitrogens with one attached hydrogen (secondary N) is 1. The summed E-state index contributed by atoms with van der Waals surface area (Å²) in [6.45, 7) is 1.88. The van der Waals surface area contributed by atoms with Gasteiger partial charge in [-0.25, -0.2) is 8.42 Å². The van der Waals surface area contributed by atoms with Crippen LogP contribution in [-0.2, 0) is 27.4 Å². The highest BCUT2D eigenvalue weighted by Crippen LogP contribution is 2.32. The van der Waals surface area contributed by atoms with Crippen molar-refractivity contribution in [2.45, 2.75) is 24.4 Å². The number of nitrogens with zero attached hydrogens (tertiary/aromatic N) is 1. The molecule has 0 aliphatic carbocycles. The molecule has 0 aliphatic rings. The minimum Gasteiger partial charge on any atom is -0.495 e. The van der Waals surface area contributed by atoms with E-state index >= 15 is 0 Å². The number of alkyl halides is 3. The Morgan fingerprint density at radius 3 is 2.32 bits per heavy atom. The fourth-order valence-corrected chi connectivity index (χ4v) is 4.90. The monoisotopic (exact) mass is 492 g/mol. The largest absolute Gasteiger partial charge is 0.495 e. The Balaban J connectivity index is 1.88. The van der Waals surface area contributed by atoms with Crippen molar-refractivity contribution in [3.63, 3.8) is 0 Å². The summed E-state index contributed by atoms with van der Waals surface area (Å²) in [6, 6.07) is 17.1. The van der Waals surface area contributed by atoms with Gasteiger partial charge in [0.25, 0.3) is 10.0 Å². The van der Waals surface area contributed by atoms with E-state index in [1.807, 2.05) is 0 Å².